The van der Waals surface area contributed by atoms with E-state index in [0.717, 1.165) is 24.1 Å². The molecule has 0 aliphatic heterocycles. The molecule has 0 bridgehead atoms. The van der Waals surface area contributed by atoms with Crippen LogP contribution in [-0.4, -0.2) is 39.4 Å². The van der Waals surface area contributed by atoms with Crippen molar-refractivity contribution < 1.29 is 23.8 Å². The molecule has 4 rings (SSSR count). The number of pyridine rings is 1. The van der Waals surface area contributed by atoms with Gasteiger partial charge in [0.15, 0.2) is 0 Å². The van der Waals surface area contributed by atoms with E-state index in [2.05, 4.69) is 11.4 Å². The lowest BCUT2D eigenvalue weighted by Crippen LogP contribution is -2.40. The highest BCUT2D eigenvalue weighted by Gasteiger charge is 2.44. The van der Waals surface area contributed by atoms with Gasteiger partial charge in [0.25, 0.3) is 0 Å². The fourth-order valence-corrected chi connectivity index (χ4v) is 4.13. The first-order chi connectivity index (χ1) is 16.9. The van der Waals surface area contributed by atoms with Gasteiger partial charge in [-0.25, -0.2) is 4.79 Å². The summed E-state index contributed by atoms with van der Waals surface area (Å²) in [7, 11) is 0. The Bertz CT molecular complexity index is 1390. The number of hydrogen-bond donors (Lipinski definition) is 1. The highest BCUT2D eigenvalue weighted by atomic mass is 16.7. The molecule has 1 amide bonds. The summed E-state index contributed by atoms with van der Waals surface area (Å²) in [5.41, 5.74) is 2.30. The molecular weight excluding hydrogens is 460 g/mol. The number of nitriles is 1. The summed E-state index contributed by atoms with van der Waals surface area (Å²) in [5, 5.41) is 13.4. The summed E-state index contributed by atoms with van der Waals surface area (Å²) in [5.74, 6) is 0.648. The number of amides is 1. The Morgan fingerprint density at radius 3 is 2.53 bits per heavy atom. The average molecular weight is 491 g/mol. The van der Waals surface area contributed by atoms with E-state index in [-0.39, 0.29) is 11.4 Å². The molecule has 9 heteroatoms. The van der Waals surface area contributed by atoms with Gasteiger partial charge < -0.3 is 19.5 Å². The van der Waals surface area contributed by atoms with Crippen molar-refractivity contribution in [2.45, 2.75) is 65.5 Å². The molecule has 1 N–H and O–H groups in total. The Hall–Kier alpha value is -4.06. The molecule has 1 aliphatic carbocycles. The lowest BCUT2D eigenvalue weighted by Gasteiger charge is -2.20. The van der Waals surface area contributed by atoms with Crippen LogP contribution in [0.25, 0.3) is 16.7 Å². The highest BCUT2D eigenvalue weighted by Crippen LogP contribution is 2.36. The van der Waals surface area contributed by atoms with Gasteiger partial charge in [0.2, 0.25) is 11.8 Å². The van der Waals surface area contributed by atoms with Gasteiger partial charge in [-0.2, -0.15) is 10.2 Å². The number of carbonyl (C=O) groups is 2. The number of ether oxygens (including phenoxy) is 3. The fourth-order valence-electron chi connectivity index (χ4n) is 4.13. The van der Waals surface area contributed by atoms with Crippen molar-refractivity contribution in [1.82, 2.24) is 14.9 Å². The van der Waals surface area contributed by atoms with Gasteiger partial charge in [0.1, 0.15) is 29.7 Å². The first-order valence-corrected chi connectivity index (χ1v) is 11.8. The zero-order chi connectivity index (χ0) is 26.3. The largest absolute Gasteiger partial charge is 0.514 e. The molecule has 0 unspecified atom stereocenters. The lowest BCUT2D eigenvalue weighted by molar-refractivity contribution is -0.120. The van der Waals surface area contributed by atoms with E-state index in [1.807, 2.05) is 24.5 Å². The van der Waals surface area contributed by atoms with Crippen molar-refractivity contribution in [3.63, 3.8) is 0 Å². The molecule has 2 heterocycles. The molecule has 1 saturated carbocycles. The molecule has 36 heavy (non-hydrogen) atoms. The Kier molecular flexibility index (Phi) is 6.39. The van der Waals surface area contributed by atoms with Crippen LogP contribution in [0.2, 0.25) is 0 Å². The van der Waals surface area contributed by atoms with Crippen LogP contribution < -0.4 is 14.8 Å². The second-order valence-electron chi connectivity index (χ2n) is 10.2. The van der Waals surface area contributed by atoms with Crippen LogP contribution in [0.5, 0.6) is 11.6 Å². The van der Waals surface area contributed by atoms with Crippen LogP contribution in [0, 0.1) is 25.2 Å². The van der Waals surface area contributed by atoms with Crippen molar-refractivity contribution in [2.75, 3.05) is 6.61 Å². The fraction of sp³-hybridized carbons (Fsp3) is 0.407. The molecule has 0 spiro atoms. The molecule has 3 aromatic rings. The predicted molar refractivity (Wildman–Crippen MR) is 133 cm³/mol. The zero-order valence-corrected chi connectivity index (χ0v) is 21.4. The van der Waals surface area contributed by atoms with E-state index in [1.54, 1.807) is 45.2 Å². The molecule has 9 nitrogen and oxygen atoms in total. The molecule has 0 atom stereocenters. The van der Waals surface area contributed by atoms with Gasteiger partial charge in [-0.05, 0) is 65.2 Å². The summed E-state index contributed by atoms with van der Waals surface area (Å²) in [4.78, 5) is 28.5. The number of fused-ring (bicyclic) bond motifs is 1. The molecule has 1 aromatic carbocycles. The van der Waals surface area contributed by atoms with E-state index in [4.69, 9.17) is 19.2 Å². The summed E-state index contributed by atoms with van der Waals surface area (Å²) >= 11 is 0. The average Bonchev–Trinajstić information content (AvgIpc) is 3.44. The van der Waals surface area contributed by atoms with Gasteiger partial charge in [0.05, 0.1) is 16.8 Å². The molecule has 2 aromatic heterocycles. The normalized spacial score (nSPS) is 14.1. The van der Waals surface area contributed by atoms with Crippen LogP contribution >= 0.6 is 0 Å². The Balaban J connectivity index is 1.71. The number of aromatic nitrogens is 2. The maximum atomic E-state index is 12.3. The van der Waals surface area contributed by atoms with Crippen LogP contribution in [0.3, 0.4) is 0 Å². The van der Waals surface area contributed by atoms with Gasteiger partial charge in [-0.1, -0.05) is 6.07 Å². The number of aryl methyl sites for hydroxylation is 1. The Morgan fingerprint density at radius 1 is 1.19 bits per heavy atom. The topological polar surface area (TPSA) is 115 Å². The Morgan fingerprint density at radius 2 is 1.92 bits per heavy atom. The third kappa shape index (κ3) is 5.28. The number of nitrogens with one attached hydrogen (secondary N) is 1. The van der Waals surface area contributed by atoms with Crippen molar-refractivity contribution in [2.24, 2.45) is 0 Å². The summed E-state index contributed by atoms with van der Waals surface area (Å²) in [6.45, 7) is 10.9. The second kappa shape index (κ2) is 9.19. The van der Waals surface area contributed by atoms with Crippen molar-refractivity contribution in [1.29, 1.82) is 5.26 Å². The zero-order valence-electron chi connectivity index (χ0n) is 21.4. The first kappa shape index (κ1) is 25.0. The number of nitrogens with zero attached hydrogens (tertiary/aromatic N) is 3. The van der Waals surface area contributed by atoms with Crippen LogP contribution in [0.15, 0.2) is 30.5 Å². The third-order valence-electron chi connectivity index (χ3n) is 5.94. The van der Waals surface area contributed by atoms with E-state index < -0.39 is 11.8 Å². The summed E-state index contributed by atoms with van der Waals surface area (Å²) in [6, 6.07) is 9.30. The van der Waals surface area contributed by atoms with E-state index >= 15 is 0 Å². The van der Waals surface area contributed by atoms with Gasteiger partial charge in [-0.15, -0.1) is 0 Å². The standard InChI is InChI=1S/C27H30N4O5/c1-16-7-9-21(35-25(33)36-26(4,5)6)17(2)23(16)31-14-19(13-28)20-8-10-22(29-24(20)31)34-15-27(11-12-27)30-18(3)32/h7-10,14H,11-12,15H2,1-6H3,(H,30,32). The molecule has 0 radical (unpaired) electrons. The number of rotatable bonds is 6. The van der Waals surface area contributed by atoms with Crippen LogP contribution in [0.1, 0.15) is 57.2 Å². The minimum atomic E-state index is -0.794. The second-order valence-corrected chi connectivity index (χ2v) is 10.2. The van der Waals surface area contributed by atoms with E-state index in [9.17, 15) is 14.9 Å². The SMILES string of the molecule is CC(=O)NC1(COc2ccc3c(C#N)cn(-c4c(C)ccc(OC(=O)OC(C)(C)C)c4C)c3n2)CC1. The monoisotopic (exact) mass is 490 g/mol. The van der Waals surface area contributed by atoms with Crippen LogP contribution in [0.4, 0.5) is 4.79 Å². The molecule has 0 saturated heterocycles. The van der Waals surface area contributed by atoms with E-state index in [1.165, 1.54) is 6.92 Å². The summed E-state index contributed by atoms with van der Waals surface area (Å²) < 4.78 is 18.6. The number of carbonyl (C=O) groups excluding carboxylic acids is 2. The quantitative estimate of drug-likeness (QED) is 0.387. The smallest absolute Gasteiger partial charge is 0.475 e. The van der Waals surface area contributed by atoms with E-state index in [0.29, 0.717) is 40.4 Å². The van der Waals surface area contributed by atoms with Crippen molar-refractivity contribution in [3.8, 4) is 23.4 Å². The maximum absolute atomic E-state index is 12.3. The summed E-state index contributed by atoms with van der Waals surface area (Å²) in [6.07, 6.45) is 2.63. The van der Waals surface area contributed by atoms with Gasteiger partial charge >= 0.3 is 6.16 Å². The van der Waals surface area contributed by atoms with Crippen molar-refractivity contribution >= 4 is 23.1 Å². The highest BCUT2D eigenvalue weighted by molar-refractivity contribution is 5.86. The predicted octanol–water partition coefficient (Wildman–Crippen LogP) is 4.88. The first-order valence-electron chi connectivity index (χ1n) is 11.8. The molecule has 1 fully saturated rings. The third-order valence-corrected chi connectivity index (χ3v) is 5.94. The lowest BCUT2D eigenvalue weighted by atomic mass is 10.1. The van der Waals surface area contributed by atoms with Crippen molar-refractivity contribution in [3.05, 3.63) is 47.2 Å². The number of benzene rings is 1. The Labute approximate surface area is 210 Å². The minimum absolute atomic E-state index is 0.0912. The van der Waals surface area contributed by atoms with Gasteiger partial charge in [0, 0.05) is 30.1 Å². The molecule has 188 valence electrons. The molecule has 1 aliphatic rings. The maximum Gasteiger partial charge on any atom is 0.514 e. The minimum Gasteiger partial charge on any atom is -0.475 e. The van der Waals surface area contributed by atoms with Crippen LogP contribution in [-0.2, 0) is 9.53 Å². The van der Waals surface area contributed by atoms with Gasteiger partial charge in [-0.3, -0.25) is 9.36 Å². The number of hydrogen-bond acceptors (Lipinski definition) is 7. The molecular formula is C27H30N4O5.